The summed E-state index contributed by atoms with van der Waals surface area (Å²) in [4.78, 5) is 0.294. The molecule has 2 heterocycles. The Hall–Kier alpha value is -2.57. The molecule has 0 aliphatic carbocycles. The third-order valence-electron chi connectivity index (χ3n) is 5.36. The second kappa shape index (κ2) is 7.11. The third kappa shape index (κ3) is 3.12. The van der Waals surface area contributed by atoms with E-state index in [4.69, 9.17) is 4.74 Å². The molecule has 1 aliphatic rings. The predicted octanol–water partition coefficient (Wildman–Crippen LogP) is 3.91. The van der Waals surface area contributed by atoms with E-state index in [0.717, 1.165) is 22.4 Å². The maximum atomic E-state index is 13.6. The van der Waals surface area contributed by atoms with Crippen molar-refractivity contribution in [3.05, 3.63) is 83.2 Å². The molecule has 0 amide bonds. The minimum absolute atomic E-state index is 0.294. The second-order valence-corrected chi connectivity index (χ2v) is 9.08. The highest BCUT2D eigenvalue weighted by atomic mass is 32.2. The monoisotopic (exact) mass is 396 g/mol. The lowest BCUT2D eigenvalue weighted by molar-refractivity contribution is 0.298. The molecule has 0 unspecified atom stereocenters. The van der Waals surface area contributed by atoms with Gasteiger partial charge in [-0.3, -0.25) is 0 Å². The number of rotatable bonds is 4. The first-order valence-corrected chi connectivity index (χ1v) is 10.7. The average molecular weight is 397 g/mol. The van der Waals surface area contributed by atoms with Crippen LogP contribution in [-0.4, -0.2) is 30.9 Å². The lowest BCUT2D eigenvalue weighted by Crippen LogP contribution is -2.42. The smallest absolute Gasteiger partial charge is 0.244 e. The van der Waals surface area contributed by atoms with Crippen LogP contribution in [0.25, 0.3) is 0 Å². The Kier molecular flexibility index (Phi) is 4.77. The zero-order chi connectivity index (χ0) is 19.9. The van der Waals surface area contributed by atoms with Gasteiger partial charge in [0.2, 0.25) is 10.0 Å². The molecule has 28 heavy (non-hydrogen) atoms. The van der Waals surface area contributed by atoms with Gasteiger partial charge in [0, 0.05) is 25.0 Å². The van der Waals surface area contributed by atoms with Crippen molar-refractivity contribution in [2.75, 3.05) is 13.7 Å². The van der Waals surface area contributed by atoms with Crippen LogP contribution < -0.4 is 4.74 Å². The molecule has 0 spiro atoms. The number of aryl methyl sites for hydroxylation is 2. The van der Waals surface area contributed by atoms with Gasteiger partial charge in [0.1, 0.15) is 5.75 Å². The Morgan fingerprint density at radius 1 is 1.00 bits per heavy atom. The molecule has 146 valence electrons. The lowest BCUT2D eigenvalue weighted by atomic mass is 10.0. The van der Waals surface area contributed by atoms with Gasteiger partial charge in [0.25, 0.3) is 0 Å². The number of nitrogens with zero attached hydrogens (tertiary/aromatic N) is 2. The van der Waals surface area contributed by atoms with Crippen molar-refractivity contribution in [1.29, 1.82) is 0 Å². The minimum Gasteiger partial charge on any atom is -0.496 e. The number of fused-ring (bicyclic) bond motifs is 1. The fourth-order valence-corrected chi connectivity index (χ4v) is 5.52. The van der Waals surface area contributed by atoms with Crippen molar-refractivity contribution in [2.45, 2.75) is 31.3 Å². The summed E-state index contributed by atoms with van der Waals surface area (Å²) >= 11 is 0. The first-order chi connectivity index (χ1) is 13.4. The molecular formula is C22H24N2O3S. The predicted molar refractivity (Wildman–Crippen MR) is 109 cm³/mol. The van der Waals surface area contributed by atoms with Crippen LogP contribution >= 0.6 is 0 Å². The number of aromatic nitrogens is 1. The Labute approximate surface area is 166 Å². The summed E-state index contributed by atoms with van der Waals surface area (Å²) in [5, 5.41) is 0. The number of ether oxygens (including phenoxy) is 1. The first kappa shape index (κ1) is 18.8. The van der Waals surface area contributed by atoms with Gasteiger partial charge >= 0.3 is 0 Å². The van der Waals surface area contributed by atoms with Crippen LogP contribution in [0.15, 0.2) is 65.7 Å². The van der Waals surface area contributed by atoms with E-state index in [-0.39, 0.29) is 6.04 Å². The maximum absolute atomic E-state index is 13.6. The second-order valence-electron chi connectivity index (χ2n) is 7.19. The highest BCUT2D eigenvalue weighted by Gasteiger charge is 2.37. The third-order valence-corrected chi connectivity index (χ3v) is 7.22. The number of methoxy groups -OCH3 is 1. The van der Waals surface area contributed by atoms with Crippen LogP contribution in [0.2, 0.25) is 0 Å². The van der Waals surface area contributed by atoms with E-state index in [1.54, 1.807) is 29.6 Å². The van der Waals surface area contributed by atoms with E-state index < -0.39 is 10.0 Å². The Bertz CT molecular complexity index is 1100. The molecular weight excluding hydrogens is 372 g/mol. The van der Waals surface area contributed by atoms with E-state index in [0.29, 0.717) is 23.7 Å². The summed E-state index contributed by atoms with van der Waals surface area (Å²) in [7, 11) is -2.09. The molecule has 6 heteroatoms. The van der Waals surface area contributed by atoms with Crippen LogP contribution in [0.5, 0.6) is 5.75 Å². The summed E-state index contributed by atoms with van der Waals surface area (Å²) in [6, 6.07) is 16.8. The van der Waals surface area contributed by atoms with Gasteiger partial charge in [-0.15, -0.1) is 0 Å². The van der Waals surface area contributed by atoms with Crippen LogP contribution in [0, 0.1) is 13.8 Å². The van der Waals surface area contributed by atoms with Crippen LogP contribution in [0.4, 0.5) is 0 Å². The molecule has 0 saturated carbocycles. The normalized spacial score (nSPS) is 17.3. The van der Waals surface area contributed by atoms with Crippen LogP contribution in [0.3, 0.4) is 0 Å². The Balaban J connectivity index is 1.82. The van der Waals surface area contributed by atoms with E-state index in [1.807, 2.05) is 56.4 Å². The first-order valence-electron chi connectivity index (χ1n) is 9.30. The lowest BCUT2D eigenvalue weighted by Gasteiger charge is -2.36. The molecule has 5 nitrogen and oxygen atoms in total. The van der Waals surface area contributed by atoms with Crippen LogP contribution in [-0.2, 0) is 16.6 Å². The molecule has 1 aromatic heterocycles. The van der Waals surface area contributed by atoms with Crippen molar-refractivity contribution in [3.8, 4) is 5.75 Å². The zero-order valence-corrected chi connectivity index (χ0v) is 17.1. The molecule has 0 fully saturated rings. The molecule has 0 N–H and O–H groups in total. The van der Waals surface area contributed by atoms with Gasteiger partial charge in [-0.25, -0.2) is 8.42 Å². The number of hydrogen-bond donors (Lipinski definition) is 0. The topological polar surface area (TPSA) is 51.5 Å². The summed E-state index contributed by atoms with van der Waals surface area (Å²) in [6.07, 6.45) is 2.01. The molecule has 3 aromatic rings. The number of sulfonamides is 1. The fraction of sp³-hybridized carbons (Fsp3) is 0.273. The van der Waals surface area contributed by atoms with Gasteiger partial charge in [0.15, 0.2) is 0 Å². The van der Waals surface area contributed by atoms with Crippen molar-refractivity contribution in [1.82, 2.24) is 8.87 Å². The van der Waals surface area contributed by atoms with Crippen LogP contribution in [0.1, 0.15) is 28.4 Å². The summed E-state index contributed by atoms with van der Waals surface area (Å²) < 4.78 is 36.2. The minimum atomic E-state index is -3.67. The molecule has 2 aromatic carbocycles. The van der Waals surface area contributed by atoms with E-state index >= 15 is 0 Å². The Morgan fingerprint density at radius 2 is 1.75 bits per heavy atom. The highest BCUT2D eigenvalue weighted by Crippen LogP contribution is 2.37. The summed E-state index contributed by atoms with van der Waals surface area (Å²) in [5.41, 5.74) is 3.91. The van der Waals surface area contributed by atoms with Crippen molar-refractivity contribution in [2.24, 2.45) is 0 Å². The summed E-state index contributed by atoms with van der Waals surface area (Å²) in [6.45, 7) is 4.95. The SMILES string of the molecule is COc1ccc(S(=O)(=O)N2CCn3cccc3[C@H]2c2ccc(C)cc2)cc1C. The zero-order valence-electron chi connectivity index (χ0n) is 16.3. The fourth-order valence-electron chi connectivity index (χ4n) is 3.85. The molecule has 0 radical (unpaired) electrons. The van der Waals surface area contributed by atoms with E-state index in [2.05, 4.69) is 4.57 Å². The average Bonchev–Trinajstić information content (AvgIpc) is 3.16. The molecule has 0 bridgehead atoms. The van der Waals surface area contributed by atoms with Gasteiger partial charge in [0.05, 0.1) is 18.0 Å². The van der Waals surface area contributed by atoms with Crippen molar-refractivity contribution in [3.63, 3.8) is 0 Å². The quantitative estimate of drug-likeness (QED) is 0.672. The highest BCUT2D eigenvalue weighted by molar-refractivity contribution is 7.89. The van der Waals surface area contributed by atoms with Crippen molar-refractivity contribution < 1.29 is 13.2 Å². The molecule has 0 saturated heterocycles. The molecule has 4 rings (SSSR count). The number of hydrogen-bond acceptors (Lipinski definition) is 3. The van der Waals surface area contributed by atoms with Gasteiger partial charge < -0.3 is 9.30 Å². The largest absolute Gasteiger partial charge is 0.496 e. The van der Waals surface area contributed by atoms with E-state index in [9.17, 15) is 8.42 Å². The van der Waals surface area contributed by atoms with Gasteiger partial charge in [-0.05, 0) is 55.3 Å². The standard InChI is InChI=1S/C22H24N2O3S/c1-16-6-8-18(9-7-16)22-20-5-4-12-23(20)13-14-24(22)28(25,26)19-10-11-21(27-3)17(2)15-19/h4-12,15,22H,13-14H2,1-3H3/t22-/m1/s1. The number of benzene rings is 2. The summed E-state index contributed by atoms with van der Waals surface area (Å²) in [5.74, 6) is 0.682. The van der Waals surface area contributed by atoms with E-state index in [1.165, 1.54) is 0 Å². The molecule has 1 atom stereocenters. The molecule has 1 aliphatic heterocycles. The van der Waals surface area contributed by atoms with Gasteiger partial charge in [-0.2, -0.15) is 4.31 Å². The maximum Gasteiger partial charge on any atom is 0.244 e. The van der Waals surface area contributed by atoms with Gasteiger partial charge in [-0.1, -0.05) is 29.8 Å². The van der Waals surface area contributed by atoms with Crippen molar-refractivity contribution >= 4 is 10.0 Å². The Morgan fingerprint density at radius 3 is 2.43 bits per heavy atom.